The number of aromatic nitrogens is 2. The summed E-state index contributed by atoms with van der Waals surface area (Å²) in [4.78, 5) is 7.02. The van der Waals surface area contributed by atoms with Crippen molar-refractivity contribution < 1.29 is 0 Å². The van der Waals surface area contributed by atoms with Gasteiger partial charge in [-0.2, -0.15) is 0 Å². The maximum Gasteiger partial charge on any atom is 0.193 e. The van der Waals surface area contributed by atoms with Crippen molar-refractivity contribution in [1.29, 1.82) is 0 Å². The van der Waals surface area contributed by atoms with Gasteiger partial charge in [-0.3, -0.25) is 4.40 Å². The van der Waals surface area contributed by atoms with Crippen LogP contribution in [0.5, 0.6) is 0 Å². The van der Waals surface area contributed by atoms with E-state index in [1.807, 2.05) is 11.8 Å². The van der Waals surface area contributed by atoms with E-state index in [0.717, 1.165) is 29.0 Å². The summed E-state index contributed by atoms with van der Waals surface area (Å²) in [5, 5.41) is 5.63. The van der Waals surface area contributed by atoms with Crippen molar-refractivity contribution in [2.45, 2.75) is 36.1 Å². The quantitative estimate of drug-likeness (QED) is 0.699. The van der Waals surface area contributed by atoms with Crippen molar-refractivity contribution in [2.24, 2.45) is 0 Å². The number of thiazole rings is 1. The molecule has 0 atom stereocenters. The molecule has 0 saturated heterocycles. The van der Waals surface area contributed by atoms with Crippen LogP contribution in [0.1, 0.15) is 24.1 Å². The summed E-state index contributed by atoms with van der Waals surface area (Å²) in [5.74, 6) is 0.925. The third kappa shape index (κ3) is 3.31. The molecule has 1 N–H and O–H groups in total. The van der Waals surface area contributed by atoms with Crippen molar-refractivity contribution in [3.8, 4) is 0 Å². The minimum atomic E-state index is 0.764. The summed E-state index contributed by atoms with van der Waals surface area (Å²) in [6.45, 7) is 0.985. The molecule has 4 rings (SSSR count). The predicted molar refractivity (Wildman–Crippen MR) is 88.9 cm³/mol. The van der Waals surface area contributed by atoms with Crippen LogP contribution in [0.2, 0.25) is 0 Å². The lowest BCUT2D eigenvalue weighted by molar-refractivity contribution is 0.687. The van der Waals surface area contributed by atoms with E-state index in [1.165, 1.54) is 23.3 Å². The molecule has 0 radical (unpaired) electrons. The number of hydrogen-bond acceptors (Lipinski definition) is 4. The lowest BCUT2D eigenvalue weighted by atomic mass is 10.2. The summed E-state index contributed by atoms with van der Waals surface area (Å²) in [6, 6.07) is 9.59. The van der Waals surface area contributed by atoms with Crippen molar-refractivity contribution in [2.75, 3.05) is 0 Å². The molecule has 5 heteroatoms. The van der Waals surface area contributed by atoms with E-state index in [0.29, 0.717) is 0 Å². The smallest absolute Gasteiger partial charge is 0.193 e. The minimum Gasteiger partial charge on any atom is -0.310 e. The average Bonchev–Trinajstić information content (AvgIpc) is 3.09. The van der Waals surface area contributed by atoms with Crippen LogP contribution in [0.15, 0.2) is 46.9 Å². The zero-order chi connectivity index (χ0) is 14.1. The maximum atomic E-state index is 4.63. The monoisotopic (exact) mass is 315 g/mol. The third-order valence-electron chi connectivity index (χ3n) is 3.60. The van der Waals surface area contributed by atoms with Gasteiger partial charge in [-0.1, -0.05) is 12.1 Å². The van der Waals surface area contributed by atoms with Crippen LogP contribution < -0.4 is 5.32 Å². The normalized spacial score (nSPS) is 14.9. The SMILES string of the molecule is c1cc(CNC2CC2)cc(SCc2cn3ccsc3n2)c1. The molecule has 0 aliphatic heterocycles. The van der Waals surface area contributed by atoms with E-state index in [9.17, 15) is 0 Å². The van der Waals surface area contributed by atoms with E-state index < -0.39 is 0 Å². The maximum absolute atomic E-state index is 4.63. The van der Waals surface area contributed by atoms with Crippen molar-refractivity contribution in [1.82, 2.24) is 14.7 Å². The molecule has 3 aromatic rings. The van der Waals surface area contributed by atoms with Gasteiger partial charge in [-0.05, 0) is 30.5 Å². The lowest BCUT2D eigenvalue weighted by Gasteiger charge is -2.05. The van der Waals surface area contributed by atoms with E-state index in [-0.39, 0.29) is 0 Å². The fourth-order valence-corrected chi connectivity index (χ4v) is 3.88. The molecule has 0 bridgehead atoms. The summed E-state index contributed by atoms with van der Waals surface area (Å²) in [5.41, 5.74) is 2.52. The Kier molecular flexibility index (Phi) is 3.71. The molecule has 1 fully saturated rings. The molecule has 1 aliphatic carbocycles. The lowest BCUT2D eigenvalue weighted by Crippen LogP contribution is -2.15. The highest BCUT2D eigenvalue weighted by Gasteiger charge is 2.19. The number of nitrogens with zero attached hydrogens (tertiary/aromatic N) is 2. The molecular formula is C16H17N3S2. The van der Waals surface area contributed by atoms with Gasteiger partial charge in [0.1, 0.15) is 0 Å². The van der Waals surface area contributed by atoms with E-state index in [2.05, 4.69) is 56.7 Å². The van der Waals surface area contributed by atoms with Gasteiger partial charge >= 0.3 is 0 Å². The second-order valence-corrected chi connectivity index (χ2v) is 7.34. The third-order valence-corrected chi connectivity index (χ3v) is 5.40. The molecule has 2 heterocycles. The number of fused-ring (bicyclic) bond motifs is 1. The predicted octanol–water partition coefficient (Wildman–Crippen LogP) is 3.94. The molecule has 2 aromatic heterocycles. The van der Waals surface area contributed by atoms with Gasteiger partial charge in [0.05, 0.1) is 5.69 Å². The molecular weight excluding hydrogens is 298 g/mol. The van der Waals surface area contributed by atoms with Gasteiger partial charge in [0.2, 0.25) is 0 Å². The van der Waals surface area contributed by atoms with Crippen molar-refractivity contribution >= 4 is 28.1 Å². The van der Waals surface area contributed by atoms with Crippen LogP contribution in [0.3, 0.4) is 0 Å². The minimum absolute atomic E-state index is 0.764. The van der Waals surface area contributed by atoms with Crippen molar-refractivity contribution in [3.63, 3.8) is 0 Å². The largest absolute Gasteiger partial charge is 0.310 e. The molecule has 0 spiro atoms. The zero-order valence-electron chi connectivity index (χ0n) is 11.7. The summed E-state index contributed by atoms with van der Waals surface area (Å²) < 4.78 is 2.09. The summed E-state index contributed by atoms with van der Waals surface area (Å²) in [7, 11) is 0. The molecule has 1 saturated carbocycles. The highest BCUT2D eigenvalue weighted by Crippen LogP contribution is 2.25. The highest BCUT2D eigenvalue weighted by molar-refractivity contribution is 7.98. The molecule has 3 nitrogen and oxygen atoms in total. The number of rotatable bonds is 6. The standard InChI is InChI=1S/C16H17N3S2/c1-2-12(9-17-13-4-5-13)8-15(3-1)21-11-14-10-19-6-7-20-16(19)18-14/h1-3,6-8,10,13,17H,4-5,9,11H2. The van der Waals surface area contributed by atoms with Crippen LogP contribution in [0, 0.1) is 0 Å². The fraction of sp³-hybridized carbons (Fsp3) is 0.312. The fourth-order valence-electron chi connectivity index (χ4n) is 2.30. The number of hydrogen-bond donors (Lipinski definition) is 1. The number of thioether (sulfide) groups is 1. The molecule has 21 heavy (non-hydrogen) atoms. The van der Waals surface area contributed by atoms with E-state index in [1.54, 1.807) is 11.3 Å². The zero-order valence-corrected chi connectivity index (χ0v) is 13.3. The first kappa shape index (κ1) is 13.4. The Morgan fingerprint density at radius 3 is 3.19 bits per heavy atom. The Bertz CT molecular complexity index is 714. The molecule has 0 amide bonds. The first-order chi connectivity index (χ1) is 10.4. The Labute approximate surface area is 132 Å². The number of benzene rings is 1. The number of imidazole rings is 1. The summed E-state index contributed by atoms with van der Waals surface area (Å²) in [6.07, 6.45) is 6.86. The summed E-state index contributed by atoms with van der Waals surface area (Å²) >= 11 is 3.54. The average molecular weight is 315 g/mol. The Morgan fingerprint density at radius 2 is 2.33 bits per heavy atom. The Hall–Kier alpha value is -1.30. The highest BCUT2D eigenvalue weighted by atomic mass is 32.2. The van der Waals surface area contributed by atoms with Crippen LogP contribution >= 0.6 is 23.1 Å². The first-order valence-corrected chi connectivity index (χ1v) is 9.09. The molecule has 108 valence electrons. The Balaban J connectivity index is 1.39. The molecule has 1 aliphatic rings. The van der Waals surface area contributed by atoms with Gasteiger partial charge in [-0.25, -0.2) is 4.98 Å². The van der Waals surface area contributed by atoms with Crippen LogP contribution in [-0.2, 0) is 12.3 Å². The number of nitrogens with one attached hydrogen (secondary N) is 1. The van der Waals surface area contributed by atoms with Gasteiger partial charge in [0.25, 0.3) is 0 Å². The Morgan fingerprint density at radius 1 is 1.38 bits per heavy atom. The molecule has 1 aromatic carbocycles. The van der Waals surface area contributed by atoms with Crippen LogP contribution in [-0.4, -0.2) is 15.4 Å². The second-order valence-electron chi connectivity index (χ2n) is 5.42. The van der Waals surface area contributed by atoms with Crippen LogP contribution in [0.25, 0.3) is 4.96 Å². The van der Waals surface area contributed by atoms with Crippen molar-refractivity contribution in [3.05, 3.63) is 53.3 Å². The van der Waals surface area contributed by atoms with Gasteiger partial charge in [0, 0.05) is 41.0 Å². The van der Waals surface area contributed by atoms with E-state index >= 15 is 0 Å². The van der Waals surface area contributed by atoms with Gasteiger partial charge in [0.15, 0.2) is 4.96 Å². The topological polar surface area (TPSA) is 29.3 Å². The van der Waals surface area contributed by atoms with Gasteiger partial charge in [-0.15, -0.1) is 23.1 Å². The van der Waals surface area contributed by atoms with Gasteiger partial charge < -0.3 is 5.32 Å². The second kappa shape index (κ2) is 5.83. The first-order valence-electron chi connectivity index (χ1n) is 7.23. The van der Waals surface area contributed by atoms with E-state index in [4.69, 9.17) is 0 Å². The van der Waals surface area contributed by atoms with Crippen LogP contribution in [0.4, 0.5) is 0 Å². The molecule has 0 unspecified atom stereocenters.